The van der Waals surface area contributed by atoms with E-state index in [0.717, 1.165) is 53.2 Å². The van der Waals surface area contributed by atoms with Crippen LogP contribution in [-0.4, -0.2) is 56.3 Å². The average molecular weight is 692 g/mol. The fourth-order valence-corrected chi connectivity index (χ4v) is 5.83. The first-order valence-corrected chi connectivity index (χ1v) is 15.9. The van der Waals surface area contributed by atoms with Gasteiger partial charge in [0.25, 0.3) is 11.5 Å². The Balaban J connectivity index is 1.34. The van der Waals surface area contributed by atoms with Gasteiger partial charge in [0.05, 0.1) is 4.55 Å². The third kappa shape index (κ3) is 7.07. The number of piperazine rings is 1. The molecule has 1 saturated heterocycles. The van der Waals surface area contributed by atoms with E-state index in [9.17, 15) is 9.59 Å². The minimum absolute atomic E-state index is 0.0173. The third-order valence-corrected chi connectivity index (χ3v) is 8.83. The van der Waals surface area contributed by atoms with E-state index in [1.54, 1.807) is 17.8 Å². The van der Waals surface area contributed by atoms with Gasteiger partial charge in [-0.3, -0.25) is 14.5 Å². The van der Waals surface area contributed by atoms with Gasteiger partial charge in [0, 0.05) is 56.2 Å². The van der Waals surface area contributed by atoms with E-state index in [0.29, 0.717) is 22.8 Å². The van der Waals surface area contributed by atoms with Crippen molar-refractivity contribution >= 4 is 51.5 Å². The molecule has 3 heterocycles. The zero-order chi connectivity index (χ0) is 30.7. The summed E-state index contributed by atoms with van der Waals surface area (Å²) >= 11 is 2.39. The van der Waals surface area contributed by atoms with E-state index in [2.05, 4.69) is 74.0 Å². The van der Waals surface area contributed by atoms with Crippen LogP contribution < -0.4 is 21.1 Å². The van der Waals surface area contributed by atoms with Crippen molar-refractivity contribution in [2.24, 2.45) is 7.05 Å². The minimum Gasteiger partial charge on any atom is -0.353 e. The SMILES string of the molecule is Cc1c(NC(=O)c2ccc(C(C)(C)C)cc2)cccc1-c1cc(Nc2ccc(N3CCN(CI)CC3)nn2)c(=O)n(C)c1. The molecule has 224 valence electrons. The summed E-state index contributed by atoms with van der Waals surface area (Å²) in [5.74, 6) is 1.16. The molecule has 2 aromatic carbocycles. The number of amides is 1. The first kappa shape index (κ1) is 30.7. The van der Waals surface area contributed by atoms with Gasteiger partial charge < -0.3 is 20.1 Å². The molecule has 1 amide bonds. The lowest BCUT2D eigenvalue weighted by molar-refractivity contribution is 0.102. The number of aromatic nitrogens is 3. The lowest BCUT2D eigenvalue weighted by Gasteiger charge is -2.34. The highest BCUT2D eigenvalue weighted by Gasteiger charge is 2.19. The van der Waals surface area contributed by atoms with Crippen LogP contribution in [0.2, 0.25) is 0 Å². The molecule has 0 bridgehead atoms. The molecule has 9 nitrogen and oxygen atoms in total. The summed E-state index contributed by atoms with van der Waals surface area (Å²) < 4.78 is 2.58. The van der Waals surface area contributed by atoms with Gasteiger partial charge in [0.15, 0.2) is 11.6 Å². The molecule has 1 fully saturated rings. The van der Waals surface area contributed by atoms with Crippen molar-refractivity contribution in [2.75, 3.05) is 46.3 Å². The fourth-order valence-electron chi connectivity index (χ4n) is 5.14. The summed E-state index contributed by atoms with van der Waals surface area (Å²) in [6.07, 6.45) is 1.80. The molecule has 43 heavy (non-hydrogen) atoms. The monoisotopic (exact) mass is 691 g/mol. The molecule has 0 aliphatic carbocycles. The van der Waals surface area contributed by atoms with Crippen molar-refractivity contribution in [1.29, 1.82) is 0 Å². The van der Waals surface area contributed by atoms with Gasteiger partial charge in [0.1, 0.15) is 5.69 Å². The maximum atomic E-state index is 13.1. The summed E-state index contributed by atoms with van der Waals surface area (Å²) in [7, 11) is 1.73. The minimum atomic E-state index is -0.176. The second kappa shape index (κ2) is 12.8. The number of nitrogens with one attached hydrogen (secondary N) is 2. The topological polar surface area (TPSA) is 95.4 Å². The number of anilines is 4. The maximum Gasteiger partial charge on any atom is 0.274 e. The number of carbonyl (C=O) groups excluding carboxylic acids is 1. The number of pyridine rings is 1. The Morgan fingerprint density at radius 3 is 2.30 bits per heavy atom. The quantitative estimate of drug-likeness (QED) is 0.140. The number of aryl methyl sites for hydroxylation is 1. The van der Waals surface area contributed by atoms with Gasteiger partial charge in [0.2, 0.25) is 0 Å². The summed E-state index contributed by atoms with van der Waals surface area (Å²) in [5.41, 5.74) is 5.37. The van der Waals surface area contributed by atoms with Crippen LogP contribution in [0.1, 0.15) is 42.3 Å². The number of benzene rings is 2. The normalized spacial score (nSPS) is 14.0. The van der Waals surface area contributed by atoms with Crippen LogP contribution in [0, 0.1) is 6.92 Å². The van der Waals surface area contributed by atoms with Crippen LogP contribution in [0.5, 0.6) is 0 Å². The Hall–Kier alpha value is -3.77. The Morgan fingerprint density at radius 1 is 0.953 bits per heavy atom. The molecule has 2 N–H and O–H groups in total. The van der Waals surface area contributed by atoms with Crippen LogP contribution in [0.3, 0.4) is 0 Å². The van der Waals surface area contributed by atoms with Gasteiger partial charge in [-0.1, -0.05) is 67.6 Å². The Morgan fingerprint density at radius 2 is 1.67 bits per heavy atom. The molecule has 0 radical (unpaired) electrons. The summed E-state index contributed by atoms with van der Waals surface area (Å²) in [4.78, 5) is 30.8. The Labute approximate surface area is 266 Å². The van der Waals surface area contributed by atoms with Gasteiger partial charge in [-0.2, -0.15) is 0 Å². The second-order valence-electron chi connectivity index (χ2n) is 11.9. The molecule has 0 atom stereocenters. The van der Waals surface area contributed by atoms with Crippen LogP contribution in [-0.2, 0) is 12.5 Å². The van der Waals surface area contributed by atoms with Gasteiger partial charge in [-0.25, -0.2) is 0 Å². The van der Waals surface area contributed by atoms with Crippen molar-refractivity contribution in [3.8, 4) is 11.1 Å². The second-order valence-corrected chi connectivity index (χ2v) is 12.6. The van der Waals surface area contributed by atoms with Crippen molar-refractivity contribution in [3.63, 3.8) is 0 Å². The van der Waals surface area contributed by atoms with E-state index < -0.39 is 0 Å². The average Bonchev–Trinajstić information content (AvgIpc) is 3.00. The highest BCUT2D eigenvalue weighted by molar-refractivity contribution is 14.1. The molecule has 0 spiro atoms. The van der Waals surface area contributed by atoms with Gasteiger partial charge >= 0.3 is 0 Å². The molecule has 1 aliphatic heterocycles. The summed E-state index contributed by atoms with van der Waals surface area (Å²) in [6, 6.07) is 19.1. The molecule has 1 aliphatic rings. The van der Waals surface area contributed by atoms with Crippen molar-refractivity contribution < 1.29 is 4.79 Å². The third-order valence-electron chi connectivity index (χ3n) is 7.87. The molecule has 10 heteroatoms. The first-order valence-electron chi connectivity index (χ1n) is 14.4. The predicted molar refractivity (Wildman–Crippen MR) is 183 cm³/mol. The number of nitrogens with zero attached hydrogens (tertiary/aromatic N) is 5. The number of alkyl halides is 1. The number of rotatable bonds is 7. The smallest absolute Gasteiger partial charge is 0.274 e. The Kier molecular flexibility index (Phi) is 9.16. The number of halogens is 1. The predicted octanol–water partition coefficient (Wildman–Crippen LogP) is 5.96. The standard InChI is InChI=1S/C33H38IN7O2/c1-22-26(7-6-8-27(22)36-31(42)23-9-11-25(12-10-23)33(2,3)4)24-19-28(32(43)39(5)20-24)35-29-13-14-30(38-37-29)41-17-15-40(21-34)16-18-41/h6-14,19-20H,15-18,21H2,1-5H3,(H,35,37)(H,36,42). The molecule has 4 aromatic rings. The van der Waals surface area contributed by atoms with Crippen LogP contribution in [0.25, 0.3) is 11.1 Å². The van der Waals surface area contributed by atoms with Gasteiger partial charge in [-0.05, 0) is 65.4 Å². The van der Waals surface area contributed by atoms with E-state index >= 15 is 0 Å². The zero-order valence-electron chi connectivity index (χ0n) is 25.3. The molecule has 5 rings (SSSR count). The number of carbonyl (C=O) groups is 1. The highest BCUT2D eigenvalue weighted by atomic mass is 127. The number of hydrogen-bond donors (Lipinski definition) is 2. The summed E-state index contributed by atoms with van der Waals surface area (Å²) in [6.45, 7) is 12.2. The van der Waals surface area contributed by atoms with E-state index in [1.807, 2.05) is 67.6 Å². The van der Waals surface area contributed by atoms with Crippen molar-refractivity contribution in [3.05, 3.63) is 93.9 Å². The Bertz CT molecular complexity index is 1650. The number of hydrogen-bond acceptors (Lipinski definition) is 7. The molecular weight excluding hydrogens is 653 g/mol. The van der Waals surface area contributed by atoms with Crippen LogP contribution >= 0.6 is 22.6 Å². The lowest BCUT2D eigenvalue weighted by Crippen LogP contribution is -2.46. The highest BCUT2D eigenvalue weighted by Crippen LogP contribution is 2.30. The van der Waals surface area contributed by atoms with Gasteiger partial charge in [-0.15, -0.1) is 10.2 Å². The van der Waals surface area contributed by atoms with Crippen LogP contribution in [0.4, 0.5) is 23.0 Å². The van der Waals surface area contributed by atoms with E-state index in [4.69, 9.17) is 0 Å². The molecule has 0 unspecified atom stereocenters. The van der Waals surface area contributed by atoms with Crippen LogP contribution in [0.15, 0.2) is 71.7 Å². The lowest BCUT2D eigenvalue weighted by atomic mass is 9.86. The molecule has 0 saturated carbocycles. The van der Waals surface area contributed by atoms with Crippen molar-refractivity contribution in [1.82, 2.24) is 19.7 Å². The molecule has 2 aromatic heterocycles. The fraction of sp³-hybridized carbons (Fsp3) is 0.333. The first-order chi connectivity index (χ1) is 20.5. The largest absolute Gasteiger partial charge is 0.353 e. The molecular formula is C33H38IN7O2. The summed E-state index contributed by atoms with van der Waals surface area (Å²) in [5, 5.41) is 15.0. The van der Waals surface area contributed by atoms with E-state index in [1.165, 1.54) is 5.56 Å². The maximum absolute atomic E-state index is 13.1. The van der Waals surface area contributed by atoms with Crippen molar-refractivity contribution in [2.45, 2.75) is 33.1 Å². The van der Waals surface area contributed by atoms with E-state index in [-0.39, 0.29) is 16.9 Å². The zero-order valence-corrected chi connectivity index (χ0v) is 27.5.